The highest BCUT2D eigenvalue weighted by Gasteiger charge is 2.18. The van der Waals surface area contributed by atoms with E-state index in [1.54, 1.807) is 11.2 Å². The molecule has 3 N–H and O–H groups in total. The van der Waals surface area contributed by atoms with Gasteiger partial charge in [0, 0.05) is 13.0 Å². The van der Waals surface area contributed by atoms with E-state index in [9.17, 15) is 4.79 Å². The Morgan fingerprint density at radius 1 is 1.07 bits per heavy atom. The number of nitrogens with two attached hydrogens (primary N) is 1. The maximum Gasteiger partial charge on any atom is 0.278 e. The summed E-state index contributed by atoms with van der Waals surface area (Å²) in [4.78, 5) is 16.3. The first kappa shape index (κ1) is 19.6. The lowest BCUT2D eigenvalue weighted by atomic mass is 10.2. The van der Waals surface area contributed by atoms with Gasteiger partial charge >= 0.3 is 0 Å². The number of benzene rings is 1. The molecule has 1 aromatic carbocycles. The number of amides is 1. The molecule has 1 aliphatic rings. The average molecular weight is 373 g/mol. The van der Waals surface area contributed by atoms with Crippen molar-refractivity contribution < 1.29 is 24.2 Å². The van der Waals surface area contributed by atoms with Crippen molar-refractivity contribution in [2.45, 2.75) is 19.5 Å². The van der Waals surface area contributed by atoms with Gasteiger partial charge in [0.2, 0.25) is 0 Å². The van der Waals surface area contributed by atoms with E-state index in [2.05, 4.69) is 17.4 Å². The summed E-state index contributed by atoms with van der Waals surface area (Å²) in [5, 5.41) is 2.13. The van der Waals surface area contributed by atoms with Crippen LogP contribution in [0.15, 0.2) is 53.1 Å². The van der Waals surface area contributed by atoms with Gasteiger partial charge in [-0.05, 0) is 17.7 Å². The minimum absolute atomic E-state index is 0.147. The molecule has 1 saturated heterocycles. The van der Waals surface area contributed by atoms with Gasteiger partial charge in [0.1, 0.15) is 18.8 Å². The lowest BCUT2D eigenvalue weighted by Gasteiger charge is -2.23. The molecule has 0 atom stereocenters. The predicted molar refractivity (Wildman–Crippen MR) is 102 cm³/mol. The Kier molecular flexibility index (Phi) is 7.89. The molecule has 0 spiro atoms. The van der Waals surface area contributed by atoms with Crippen molar-refractivity contribution in [3.8, 4) is 0 Å². The van der Waals surface area contributed by atoms with Crippen LogP contribution in [0.25, 0.3) is 0 Å². The van der Waals surface area contributed by atoms with Crippen molar-refractivity contribution in [3.63, 3.8) is 0 Å². The number of carbonyl (C=O) groups excluding carboxylic acids is 1. The Morgan fingerprint density at radius 2 is 1.89 bits per heavy atom. The predicted octanol–water partition coefficient (Wildman–Crippen LogP) is -0.323. The van der Waals surface area contributed by atoms with Gasteiger partial charge in [-0.2, -0.15) is 0 Å². The Hall–Kier alpha value is -2.15. The van der Waals surface area contributed by atoms with Crippen molar-refractivity contribution in [2.24, 2.45) is 0 Å². The van der Waals surface area contributed by atoms with E-state index in [4.69, 9.17) is 9.15 Å². The molecule has 27 heavy (non-hydrogen) atoms. The van der Waals surface area contributed by atoms with E-state index in [1.165, 1.54) is 0 Å². The van der Waals surface area contributed by atoms with Gasteiger partial charge in [0.15, 0.2) is 6.54 Å². The van der Waals surface area contributed by atoms with Crippen LogP contribution in [0.5, 0.6) is 0 Å². The SMILES string of the molecule is O=C(C[NH2+]CCC[NH+]1CCOCC1)N(Cc1ccccc1)Cc1ccco1. The number of nitrogens with zero attached hydrogens (tertiary/aromatic N) is 1. The quantitative estimate of drug-likeness (QED) is 0.561. The summed E-state index contributed by atoms with van der Waals surface area (Å²) in [6, 6.07) is 13.9. The second-order valence-corrected chi connectivity index (χ2v) is 7.06. The molecule has 146 valence electrons. The minimum Gasteiger partial charge on any atom is -0.467 e. The first-order chi connectivity index (χ1) is 13.3. The van der Waals surface area contributed by atoms with E-state index >= 15 is 0 Å². The van der Waals surface area contributed by atoms with Crippen molar-refractivity contribution in [2.75, 3.05) is 45.9 Å². The number of ether oxygens (including phenoxy) is 1. The van der Waals surface area contributed by atoms with Crippen molar-refractivity contribution in [1.29, 1.82) is 0 Å². The Morgan fingerprint density at radius 3 is 2.63 bits per heavy atom. The first-order valence-electron chi connectivity index (χ1n) is 9.88. The van der Waals surface area contributed by atoms with Crippen LogP contribution in [0.4, 0.5) is 0 Å². The first-order valence-corrected chi connectivity index (χ1v) is 9.88. The molecular weight excluding hydrogens is 342 g/mol. The van der Waals surface area contributed by atoms with E-state index < -0.39 is 0 Å². The number of nitrogens with one attached hydrogen (secondary N) is 1. The molecule has 3 rings (SSSR count). The van der Waals surface area contributed by atoms with Gasteiger partial charge in [-0.15, -0.1) is 0 Å². The molecule has 2 heterocycles. The Bertz CT molecular complexity index is 655. The van der Waals surface area contributed by atoms with Crippen LogP contribution >= 0.6 is 0 Å². The Labute approximate surface area is 161 Å². The summed E-state index contributed by atoms with van der Waals surface area (Å²) in [7, 11) is 0. The van der Waals surface area contributed by atoms with E-state index in [0.717, 1.165) is 57.1 Å². The highest BCUT2D eigenvalue weighted by Crippen LogP contribution is 2.10. The second kappa shape index (κ2) is 10.9. The van der Waals surface area contributed by atoms with Crippen LogP contribution in [-0.2, 0) is 22.6 Å². The zero-order valence-electron chi connectivity index (χ0n) is 15.9. The lowest BCUT2D eigenvalue weighted by molar-refractivity contribution is -0.909. The maximum atomic E-state index is 12.8. The normalized spacial score (nSPS) is 15.0. The van der Waals surface area contributed by atoms with Gasteiger partial charge in [0.05, 0.1) is 39.1 Å². The summed E-state index contributed by atoms with van der Waals surface area (Å²) in [5.41, 5.74) is 1.13. The fourth-order valence-corrected chi connectivity index (χ4v) is 3.39. The van der Waals surface area contributed by atoms with Crippen molar-refractivity contribution in [3.05, 3.63) is 60.1 Å². The third-order valence-electron chi connectivity index (χ3n) is 4.95. The third kappa shape index (κ3) is 6.82. The van der Waals surface area contributed by atoms with Crippen LogP contribution < -0.4 is 10.2 Å². The molecule has 1 amide bonds. The summed E-state index contributed by atoms with van der Waals surface area (Å²) < 4.78 is 10.8. The van der Waals surface area contributed by atoms with E-state index in [0.29, 0.717) is 19.6 Å². The summed E-state index contributed by atoms with van der Waals surface area (Å²) in [5.74, 6) is 0.962. The van der Waals surface area contributed by atoms with Crippen LogP contribution in [0, 0.1) is 0 Å². The molecule has 0 bridgehead atoms. The topological polar surface area (TPSA) is 63.7 Å². The Balaban J connectivity index is 1.43. The number of rotatable bonds is 10. The molecule has 2 aromatic rings. The average Bonchev–Trinajstić information content (AvgIpc) is 3.22. The van der Waals surface area contributed by atoms with Gasteiger partial charge < -0.3 is 24.3 Å². The zero-order valence-corrected chi connectivity index (χ0v) is 15.9. The lowest BCUT2D eigenvalue weighted by Crippen LogP contribution is -3.14. The van der Waals surface area contributed by atoms with Crippen LogP contribution in [0.2, 0.25) is 0 Å². The molecule has 1 aliphatic heterocycles. The number of hydrogen-bond acceptors (Lipinski definition) is 3. The highest BCUT2D eigenvalue weighted by molar-refractivity contribution is 5.76. The third-order valence-corrected chi connectivity index (χ3v) is 4.95. The van der Waals surface area contributed by atoms with Gasteiger partial charge in [-0.25, -0.2) is 0 Å². The van der Waals surface area contributed by atoms with E-state index in [1.807, 2.05) is 35.2 Å². The zero-order chi connectivity index (χ0) is 18.7. The van der Waals surface area contributed by atoms with Gasteiger partial charge in [-0.3, -0.25) is 4.79 Å². The van der Waals surface area contributed by atoms with Crippen molar-refractivity contribution in [1.82, 2.24) is 4.90 Å². The largest absolute Gasteiger partial charge is 0.467 e. The summed E-state index contributed by atoms with van der Waals surface area (Å²) in [6.07, 6.45) is 2.78. The molecule has 0 aliphatic carbocycles. The molecule has 6 heteroatoms. The molecule has 1 fully saturated rings. The minimum atomic E-state index is 0.147. The maximum absolute atomic E-state index is 12.8. The van der Waals surface area contributed by atoms with Gasteiger partial charge in [0.25, 0.3) is 5.91 Å². The molecule has 6 nitrogen and oxygen atoms in total. The smallest absolute Gasteiger partial charge is 0.278 e. The summed E-state index contributed by atoms with van der Waals surface area (Å²) >= 11 is 0. The summed E-state index contributed by atoms with van der Waals surface area (Å²) in [6.45, 7) is 7.69. The van der Waals surface area contributed by atoms with E-state index in [-0.39, 0.29) is 5.91 Å². The number of carbonyl (C=O) groups is 1. The molecule has 0 saturated carbocycles. The van der Waals surface area contributed by atoms with Crippen LogP contribution in [0.1, 0.15) is 17.7 Å². The number of quaternary nitrogens is 2. The van der Waals surface area contributed by atoms with Gasteiger partial charge in [-0.1, -0.05) is 30.3 Å². The fraction of sp³-hybridized carbons (Fsp3) is 0.476. The molecule has 1 aromatic heterocycles. The second-order valence-electron chi connectivity index (χ2n) is 7.06. The number of hydrogen-bond donors (Lipinski definition) is 2. The fourth-order valence-electron chi connectivity index (χ4n) is 3.39. The molecular formula is C21H31N3O3+2. The van der Waals surface area contributed by atoms with Crippen LogP contribution in [-0.4, -0.2) is 56.7 Å². The van der Waals surface area contributed by atoms with Crippen molar-refractivity contribution >= 4 is 5.91 Å². The standard InChI is InChI=1S/C21H29N3O3/c25-21(16-22-9-5-10-23-11-14-26-15-12-23)24(18-20-8-4-13-27-20)17-19-6-2-1-3-7-19/h1-4,6-8,13,22H,5,9-12,14-18H2/p+2. The molecule has 0 unspecified atom stereocenters. The molecule has 0 radical (unpaired) electrons. The number of furan rings is 1. The van der Waals surface area contributed by atoms with Crippen LogP contribution in [0.3, 0.4) is 0 Å². The monoisotopic (exact) mass is 373 g/mol. The number of morpholine rings is 1. The highest BCUT2D eigenvalue weighted by atomic mass is 16.5.